The van der Waals surface area contributed by atoms with Crippen LogP contribution in [0.5, 0.6) is 23.1 Å². The summed E-state index contributed by atoms with van der Waals surface area (Å²) >= 11 is 0. The van der Waals surface area contributed by atoms with Crippen LogP contribution in [0.1, 0.15) is 5.56 Å². The van der Waals surface area contributed by atoms with E-state index in [9.17, 15) is 8.42 Å². The molecule has 2 aromatic carbocycles. The largest absolute Gasteiger partial charge is 0.493 e. The summed E-state index contributed by atoms with van der Waals surface area (Å²) in [5.41, 5.74) is 0.710. The molecule has 0 aliphatic heterocycles. The van der Waals surface area contributed by atoms with Gasteiger partial charge in [0.25, 0.3) is 15.9 Å². The van der Waals surface area contributed by atoms with E-state index >= 15 is 0 Å². The average molecular weight is 510 g/mol. The summed E-state index contributed by atoms with van der Waals surface area (Å²) in [7, 11) is -1.15. The summed E-state index contributed by atoms with van der Waals surface area (Å²) in [6.07, 6.45) is 4.50. The molecule has 0 radical (unpaired) electrons. The molecule has 0 spiro atoms. The van der Waals surface area contributed by atoms with E-state index in [4.69, 9.17) is 14.2 Å². The van der Waals surface area contributed by atoms with E-state index < -0.39 is 10.0 Å². The maximum absolute atomic E-state index is 12.9. The molecule has 0 atom stereocenters. The van der Waals surface area contributed by atoms with Crippen LogP contribution < -0.4 is 18.9 Å². The van der Waals surface area contributed by atoms with Gasteiger partial charge in [0.05, 0.1) is 19.6 Å². The molecule has 4 rings (SSSR count). The molecular formula is C24H23N5O6S. The van der Waals surface area contributed by atoms with Crippen LogP contribution in [-0.2, 0) is 10.0 Å². The van der Waals surface area contributed by atoms with Gasteiger partial charge in [0.2, 0.25) is 11.6 Å². The average Bonchev–Trinajstić information content (AvgIpc) is 2.89. The Morgan fingerprint density at radius 2 is 1.47 bits per heavy atom. The zero-order valence-corrected chi connectivity index (χ0v) is 20.1. The maximum atomic E-state index is 12.9. The Kier molecular flexibility index (Phi) is 8.49. The van der Waals surface area contributed by atoms with Crippen LogP contribution in [0, 0.1) is 0 Å². The first kappa shape index (κ1) is 26.1. The zero-order valence-electron chi connectivity index (χ0n) is 19.3. The first-order chi connectivity index (χ1) is 17.0. The number of benzene rings is 2. The quantitative estimate of drug-likeness (QED) is 0.357. The fourth-order valence-corrected chi connectivity index (χ4v) is 3.77. The smallest absolute Gasteiger partial charge is 0.263 e. The van der Waals surface area contributed by atoms with Crippen LogP contribution in [0.2, 0.25) is 0 Å². The summed E-state index contributed by atoms with van der Waals surface area (Å²) in [6.45, 7) is 0. The minimum Gasteiger partial charge on any atom is -0.493 e. The van der Waals surface area contributed by atoms with Crippen molar-refractivity contribution in [2.24, 2.45) is 0 Å². The van der Waals surface area contributed by atoms with Crippen molar-refractivity contribution in [2.75, 3.05) is 18.9 Å². The van der Waals surface area contributed by atoms with Gasteiger partial charge in [0.15, 0.2) is 23.1 Å². The lowest BCUT2D eigenvalue weighted by Crippen LogP contribution is -2.13. The highest BCUT2D eigenvalue weighted by Gasteiger charge is 2.23. The highest BCUT2D eigenvalue weighted by atomic mass is 32.2. The Morgan fingerprint density at radius 3 is 2.14 bits per heavy atom. The number of nitrogens with zero attached hydrogens (tertiary/aromatic N) is 4. The van der Waals surface area contributed by atoms with Gasteiger partial charge in [0, 0.05) is 12.4 Å². The molecule has 0 fully saturated rings. The fraction of sp³-hybridized carbons (Fsp3) is 0.0833. The number of methoxy groups -OCH3 is 2. The van der Waals surface area contributed by atoms with Gasteiger partial charge in [-0.3, -0.25) is 4.72 Å². The molecule has 0 saturated heterocycles. The molecule has 0 amide bonds. The summed E-state index contributed by atoms with van der Waals surface area (Å²) in [4.78, 5) is 16.9. The van der Waals surface area contributed by atoms with Gasteiger partial charge < -0.3 is 19.7 Å². The van der Waals surface area contributed by atoms with E-state index in [2.05, 4.69) is 24.7 Å². The standard InChI is InChI=1S/C24H21N5O5S.H2O/c1-32-18-11-6-7-12-19(18)34-20-21(29-35(30,31)16-13-17-9-4-3-5-10-17)27-23(28-24(20)33-2)22-25-14-8-15-26-22;/h3-16H,1-2H3,(H,27,28,29);1H2/b16-13+;. The molecule has 186 valence electrons. The molecule has 4 aromatic rings. The molecule has 0 saturated carbocycles. The number of hydrogen-bond donors (Lipinski definition) is 1. The number of sulfonamides is 1. The molecule has 2 aromatic heterocycles. The van der Waals surface area contributed by atoms with E-state index in [1.807, 2.05) is 6.07 Å². The van der Waals surface area contributed by atoms with Gasteiger partial charge >= 0.3 is 0 Å². The zero-order chi connectivity index (χ0) is 24.7. The van der Waals surface area contributed by atoms with E-state index in [-0.39, 0.29) is 34.6 Å². The number of ether oxygens (including phenoxy) is 3. The van der Waals surface area contributed by atoms with Crippen LogP contribution >= 0.6 is 0 Å². The Morgan fingerprint density at radius 1 is 0.806 bits per heavy atom. The molecule has 12 heteroatoms. The van der Waals surface area contributed by atoms with E-state index in [0.29, 0.717) is 17.1 Å². The SMILES string of the molecule is COc1ccccc1Oc1c(NS(=O)(=O)/C=C/c2ccccc2)nc(-c2ncccn2)nc1OC.O. The molecule has 0 aliphatic rings. The lowest BCUT2D eigenvalue weighted by molar-refractivity contribution is 0.348. The number of hydrogen-bond acceptors (Lipinski definition) is 9. The molecule has 3 N–H and O–H groups in total. The molecule has 0 unspecified atom stereocenters. The van der Waals surface area contributed by atoms with Gasteiger partial charge in [-0.15, -0.1) is 0 Å². The van der Waals surface area contributed by atoms with Crippen molar-refractivity contribution in [3.63, 3.8) is 0 Å². The topological polar surface area (TPSA) is 157 Å². The Balaban J connectivity index is 0.00000361. The minimum absolute atomic E-state index is 0. The third kappa shape index (κ3) is 6.31. The van der Waals surface area contributed by atoms with E-state index in [0.717, 1.165) is 5.41 Å². The Labute approximate surface area is 207 Å². The van der Waals surface area contributed by atoms with Crippen LogP contribution in [0.4, 0.5) is 5.82 Å². The lowest BCUT2D eigenvalue weighted by atomic mass is 10.2. The normalized spacial score (nSPS) is 10.9. The predicted octanol–water partition coefficient (Wildman–Crippen LogP) is 3.33. The van der Waals surface area contributed by atoms with Gasteiger partial charge in [-0.1, -0.05) is 42.5 Å². The van der Waals surface area contributed by atoms with Gasteiger partial charge in [-0.05, 0) is 29.8 Å². The van der Waals surface area contributed by atoms with Crippen molar-refractivity contribution in [2.45, 2.75) is 0 Å². The van der Waals surface area contributed by atoms with Gasteiger partial charge in [0.1, 0.15) is 0 Å². The highest BCUT2D eigenvalue weighted by molar-refractivity contribution is 7.95. The summed E-state index contributed by atoms with van der Waals surface area (Å²) < 4.78 is 45.0. The third-order valence-corrected chi connectivity index (χ3v) is 5.53. The number of aromatic nitrogens is 4. The Hall–Kier alpha value is -4.55. The second-order valence-electron chi connectivity index (χ2n) is 6.92. The van der Waals surface area contributed by atoms with Crippen molar-refractivity contribution in [3.8, 4) is 34.8 Å². The monoisotopic (exact) mass is 509 g/mol. The maximum Gasteiger partial charge on any atom is 0.263 e. The second kappa shape index (κ2) is 11.7. The van der Waals surface area contributed by atoms with Crippen molar-refractivity contribution in [1.29, 1.82) is 0 Å². The molecule has 0 aliphatic carbocycles. The van der Waals surface area contributed by atoms with Crippen LogP contribution in [-0.4, -0.2) is 48.0 Å². The highest BCUT2D eigenvalue weighted by Crippen LogP contribution is 2.40. The van der Waals surface area contributed by atoms with Crippen molar-refractivity contribution >= 4 is 21.9 Å². The third-order valence-electron chi connectivity index (χ3n) is 4.55. The summed E-state index contributed by atoms with van der Waals surface area (Å²) in [5.74, 6) is 0.688. The number of anilines is 1. The van der Waals surface area contributed by atoms with Crippen molar-refractivity contribution < 1.29 is 28.1 Å². The van der Waals surface area contributed by atoms with Gasteiger partial charge in [-0.2, -0.15) is 4.98 Å². The minimum atomic E-state index is -4.02. The predicted molar refractivity (Wildman–Crippen MR) is 134 cm³/mol. The summed E-state index contributed by atoms with van der Waals surface area (Å²) in [6, 6.07) is 17.5. The Bertz CT molecular complexity index is 1430. The van der Waals surface area contributed by atoms with E-state index in [1.165, 1.54) is 32.7 Å². The fourth-order valence-electron chi connectivity index (χ4n) is 2.96. The van der Waals surface area contributed by atoms with E-state index in [1.54, 1.807) is 54.6 Å². The molecule has 11 nitrogen and oxygen atoms in total. The molecule has 0 bridgehead atoms. The van der Waals surface area contributed by atoms with Gasteiger partial charge in [-0.25, -0.2) is 23.4 Å². The summed E-state index contributed by atoms with van der Waals surface area (Å²) in [5, 5.41) is 1.03. The number of rotatable bonds is 9. The van der Waals surface area contributed by atoms with Crippen molar-refractivity contribution in [3.05, 3.63) is 84.0 Å². The van der Waals surface area contributed by atoms with Crippen LogP contribution in [0.15, 0.2) is 78.5 Å². The number of para-hydroxylation sites is 2. The first-order valence-electron chi connectivity index (χ1n) is 10.3. The molecule has 2 heterocycles. The van der Waals surface area contributed by atoms with Crippen molar-refractivity contribution in [1.82, 2.24) is 19.9 Å². The molecular weight excluding hydrogens is 486 g/mol. The lowest BCUT2D eigenvalue weighted by Gasteiger charge is -2.16. The van der Waals surface area contributed by atoms with Crippen LogP contribution in [0.3, 0.4) is 0 Å². The molecule has 36 heavy (non-hydrogen) atoms. The second-order valence-corrected chi connectivity index (χ2v) is 8.49. The van der Waals surface area contributed by atoms with Crippen LogP contribution in [0.25, 0.3) is 17.7 Å². The number of nitrogens with one attached hydrogen (secondary N) is 1. The first-order valence-corrected chi connectivity index (χ1v) is 11.8.